The second-order valence-corrected chi connectivity index (χ2v) is 9.56. The number of rotatable bonds is 1. The van der Waals surface area contributed by atoms with Crippen molar-refractivity contribution in [2.24, 2.45) is 40.2 Å². The molecule has 1 heterocycles. The topological polar surface area (TPSA) is 63.4 Å². The molecule has 0 aromatic rings. The predicted octanol–water partition coefficient (Wildman–Crippen LogP) is 2.95. The summed E-state index contributed by atoms with van der Waals surface area (Å²) in [4.78, 5) is 26.2. The normalized spacial score (nSPS) is 50.9. The average molecular weight is 332 g/mol. The monoisotopic (exact) mass is 332 g/mol. The number of fused-ring (bicyclic) bond motifs is 5. The van der Waals surface area contributed by atoms with Gasteiger partial charge in [-0.25, -0.2) is 0 Å². The molecular weight excluding hydrogens is 300 g/mol. The van der Waals surface area contributed by atoms with Gasteiger partial charge >= 0.3 is 0 Å². The van der Waals surface area contributed by atoms with Crippen molar-refractivity contribution in [1.29, 1.82) is 0 Å². The standard InChI is InChI=1S/C20H32N2O2/c1-19-10-8-14-12(13(19)5-6-15(19)18(21)24)4-7-16-20(14,2)11-9-17(23)22(16)3/h12-16H,4-11H2,1-3H3,(H2,21,24)/t12?,13?,14?,15-,16?,19?,20?/m1/s1. The Kier molecular flexibility index (Phi) is 3.57. The Hall–Kier alpha value is -1.06. The fourth-order valence-electron chi connectivity index (χ4n) is 7.62. The maximum absolute atomic E-state index is 12.2. The minimum absolute atomic E-state index is 0.0737. The Labute approximate surface area is 145 Å². The van der Waals surface area contributed by atoms with Gasteiger partial charge in [0.05, 0.1) is 0 Å². The highest BCUT2D eigenvalue weighted by molar-refractivity contribution is 5.78. The third-order valence-corrected chi connectivity index (χ3v) is 8.90. The van der Waals surface area contributed by atoms with Crippen LogP contribution in [0.1, 0.15) is 65.2 Å². The zero-order valence-electron chi connectivity index (χ0n) is 15.4. The number of amides is 2. The van der Waals surface area contributed by atoms with Crippen molar-refractivity contribution in [3.05, 3.63) is 0 Å². The van der Waals surface area contributed by atoms with Gasteiger partial charge in [-0.3, -0.25) is 9.59 Å². The van der Waals surface area contributed by atoms with E-state index in [-0.39, 0.29) is 22.7 Å². The molecule has 6 unspecified atom stereocenters. The van der Waals surface area contributed by atoms with Gasteiger partial charge in [0.1, 0.15) is 0 Å². The summed E-state index contributed by atoms with van der Waals surface area (Å²) in [6, 6.07) is 0.415. The quantitative estimate of drug-likeness (QED) is 0.802. The first-order chi connectivity index (χ1) is 11.3. The van der Waals surface area contributed by atoms with Gasteiger partial charge in [0.25, 0.3) is 0 Å². The van der Waals surface area contributed by atoms with Crippen LogP contribution in [0.25, 0.3) is 0 Å². The van der Waals surface area contributed by atoms with Gasteiger partial charge < -0.3 is 10.6 Å². The van der Waals surface area contributed by atoms with Gasteiger partial charge in [-0.15, -0.1) is 0 Å². The summed E-state index contributed by atoms with van der Waals surface area (Å²) in [6.07, 6.45) is 8.59. The van der Waals surface area contributed by atoms with Gasteiger partial charge in [-0.05, 0) is 73.5 Å². The van der Waals surface area contributed by atoms with Crippen molar-refractivity contribution in [3.63, 3.8) is 0 Å². The van der Waals surface area contributed by atoms with E-state index in [9.17, 15) is 9.59 Å². The summed E-state index contributed by atoms with van der Waals surface area (Å²) < 4.78 is 0. The van der Waals surface area contributed by atoms with Crippen LogP contribution in [0.5, 0.6) is 0 Å². The van der Waals surface area contributed by atoms with Crippen molar-refractivity contribution >= 4 is 11.8 Å². The molecule has 0 aromatic heterocycles. The van der Waals surface area contributed by atoms with Gasteiger partial charge in [0, 0.05) is 25.4 Å². The Morgan fingerprint density at radius 1 is 1.04 bits per heavy atom. The maximum Gasteiger partial charge on any atom is 0.222 e. The van der Waals surface area contributed by atoms with Crippen molar-refractivity contribution in [2.45, 2.75) is 71.3 Å². The molecule has 2 amide bonds. The lowest BCUT2D eigenvalue weighted by Crippen LogP contribution is -2.61. The molecule has 4 nitrogen and oxygen atoms in total. The fourth-order valence-corrected chi connectivity index (χ4v) is 7.62. The summed E-state index contributed by atoms with van der Waals surface area (Å²) in [5, 5.41) is 0. The molecule has 1 saturated heterocycles. The van der Waals surface area contributed by atoms with E-state index in [1.54, 1.807) is 0 Å². The van der Waals surface area contributed by atoms with Crippen LogP contribution in [0.15, 0.2) is 0 Å². The highest BCUT2D eigenvalue weighted by atomic mass is 16.2. The summed E-state index contributed by atoms with van der Waals surface area (Å²) in [5.74, 6) is 2.39. The van der Waals surface area contributed by atoms with Crippen LogP contribution >= 0.6 is 0 Å². The van der Waals surface area contributed by atoms with E-state index >= 15 is 0 Å². The van der Waals surface area contributed by atoms with Crippen molar-refractivity contribution in [3.8, 4) is 0 Å². The third-order valence-electron chi connectivity index (χ3n) is 8.90. The molecule has 0 radical (unpaired) electrons. The van der Waals surface area contributed by atoms with Crippen LogP contribution in [0, 0.1) is 34.5 Å². The highest BCUT2D eigenvalue weighted by Crippen LogP contribution is 2.66. The van der Waals surface area contributed by atoms with Crippen LogP contribution < -0.4 is 5.73 Å². The molecule has 24 heavy (non-hydrogen) atoms. The van der Waals surface area contributed by atoms with Crippen molar-refractivity contribution in [2.75, 3.05) is 7.05 Å². The second kappa shape index (κ2) is 5.22. The largest absolute Gasteiger partial charge is 0.369 e. The number of hydrogen-bond donors (Lipinski definition) is 1. The molecule has 3 saturated carbocycles. The molecule has 4 aliphatic rings. The van der Waals surface area contributed by atoms with E-state index < -0.39 is 0 Å². The minimum atomic E-state index is -0.0821. The Balaban J connectivity index is 1.64. The number of carbonyl (C=O) groups excluding carboxylic acids is 2. The summed E-state index contributed by atoms with van der Waals surface area (Å²) in [5.41, 5.74) is 6.12. The number of likely N-dealkylation sites (tertiary alicyclic amines) is 1. The third kappa shape index (κ3) is 1.97. The van der Waals surface area contributed by atoms with Crippen molar-refractivity contribution < 1.29 is 9.59 Å². The Morgan fingerprint density at radius 3 is 2.46 bits per heavy atom. The average Bonchev–Trinajstić information content (AvgIpc) is 2.89. The number of primary amides is 1. The smallest absolute Gasteiger partial charge is 0.222 e. The van der Waals surface area contributed by atoms with E-state index in [0.29, 0.717) is 30.2 Å². The number of carbonyl (C=O) groups is 2. The summed E-state index contributed by atoms with van der Waals surface area (Å²) >= 11 is 0. The second-order valence-electron chi connectivity index (χ2n) is 9.56. The molecule has 134 valence electrons. The lowest BCUT2D eigenvalue weighted by molar-refractivity contribution is -0.159. The maximum atomic E-state index is 12.2. The molecule has 0 aromatic carbocycles. The van der Waals surface area contributed by atoms with E-state index in [1.165, 1.54) is 19.3 Å². The molecule has 7 atom stereocenters. The van der Waals surface area contributed by atoms with Crippen LogP contribution in [0.3, 0.4) is 0 Å². The molecule has 3 aliphatic carbocycles. The number of hydrogen-bond acceptors (Lipinski definition) is 2. The van der Waals surface area contributed by atoms with Gasteiger partial charge in [-0.2, -0.15) is 0 Å². The van der Waals surface area contributed by atoms with E-state index in [1.807, 2.05) is 11.9 Å². The molecule has 4 heteroatoms. The number of nitrogens with two attached hydrogens (primary N) is 1. The van der Waals surface area contributed by atoms with Crippen molar-refractivity contribution in [1.82, 2.24) is 4.90 Å². The van der Waals surface area contributed by atoms with E-state index in [4.69, 9.17) is 5.73 Å². The first-order valence-electron chi connectivity index (χ1n) is 9.84. The number of nitrogens with zero attached hydrogens (tertiary/aromatic N) is 1. The molecule has 0 spiro atoms. The zero-order chi connectivity index (χ0) is 17.3. The molecule has 4 rings (SSSR count). The molecule has 0 bridgehead atoms. The summed E-state index contributed by atoms with van der Waals surface area (Å²) in [6.45, 7) is 4.78. The molecule has 4 fully saturated rings. The van der Waals surface area contributed by atoms with Crippen LogP contribution in [0.4, 0.5) is 0 Å². The van der Waals surface area contributed by atoms with E-state index in [2.05, 4.69) is 13.8 Å². The van der Waals surface area contributed by atoms with Crippen LogP contribution in [-0.4, -0.2) is 29.8 Å². The first kappa shape index (κ1) is 16.4. The highest BCUT2D eigenvalue weighted by Gasteiger charge is 2.61. The molecular formula is C20H32N2O2. The van der Waals surface area contributed by atoms with Crippen LogP contribution in [0.2, 0.25) is 0 Å². The molecule has 1 aliphatic heterocycles. The summed E-state index contributed by atoms with van der Waals surface area (Å²) in [7, 11) is 2.01. The zero-order valence-corrected chi connectivity index (χ0v) is 15.4. The molecule has 2 N–H and O–H groups in total. The number of piperidine rings is 1. The lowest BCUT2D eigenvalue weighted by atomic mass is 9.47. The first-order valence-corrected chi connectivity index (χ1v) is 9.84. The van der Waals surface area contributed by atoms with Gasteiger partial charge in [0.15, 0.2) is 0 Å². The SMILES string of the molecule is CN1C(=O)CCC2(C)C3CCC4(C)C(CC[C@@H]4C(N)=O)C3CCC12. The van der Waals surface area contributed by atoms with Crippen LogP contribution in [-0.2, 0) is 9.59 Å². The van der Waals surface area contributed by atoms with E-state index in [0.717, 1.165) is 31.6 Å². The Morgan fingerprint density at radius 2 is 1.75 bits per heavy atom. The lowest BCUT2D eigenvalue weighted by Gasteiger charge is -2.61. The minimum Gasteiger partial charge on any atom is -0.369 e. The Bertz CT molecular complexity index is 576. The predicted molar refractivity (Wildman–Crippen MR) is 92.9 cm³/mol. The van der Waals surface area contributed by atoms with Gasteiger partial charge in [-0.1, -0.05) is 13.8 Å². The van der Waals surface area contributed by atoms with Gasteiger partial charge in [0.2, 0.25) is 11.8 Å². The fraction of sp³-hybridized carbons (Fsp3) is 0.900.